The molecular weight excluding hydrogens is 242 g/mol. The molecule has 2 rings (SSSR count). The Labute approximate surface area is 114 Å². The van der Waals surface area contributed by atoms with Crippen LogP contribution in [0, 0.1) is 18.3 Å². The van der Waals surface area contributed by atoms with Crippen LogP contribution < -0.4 is 19.5 Å². The average Bonchev–Trinajstić information content (AvgIpc) is 2.82. The fraction of sp³-hybridized carbons (Fsp3) is 0.467. The third kappa shape index (κ3) is 3.55. The second-order valence-electron chi connectivity index (χ2n) is 4.83. The predicted molar refractivity (Wildman–Crippen MR) is 73.4 cm³/mol. The molecule has 4 heteroatoms. The molecule has 0 bridgehead atoms. The van der Waals surface area contributed by atoms with Gasteiger partial charge >= 0.3 is 0 Å². The van der Waals surface area contributed by atoms with Crippen molar-refractivity contribution in [2.75, 3.05) is 19.9 Å². The standard InChI is InChI=1S/C15H19NO3/c1-4-5-17-13-7-15-14(18-10-19-15)6-12(13)9-16-8-11(2)3/h1,6-7,11,16H,5,8-10H2,2-3H3. The van der Waals surface area contributed by atoms with Gasteiger partial charge in [0.25, 0.3) is 0 Å². The van der Waals surface area contributed by atoms with Crippen LogP contribution in [0.3, 0.4) is 0 Å². The van der Waals surface area contributed by atoms with Gasteiger partial charge in [0, 0.05) is 18.2 Å². The lowest BCUT2D eigenvalue weighted by atomic mass is 10.1. The first-order valence-electron chi connectivity index (χ1n) is 6.40. The van der Waals surface area contributed by atoms with E-state index < -0.39 is 0 Å². The largest absolute Gasteiger partial charge is 0.480 e. The molecular formula is C15H19NO3. The zero-order valence-corrected chi connectivity index (χ0v) is 11.4. The smallest absolute Gasteiger partial charge is 0.231 e. The number of benzene rings is 1. The summed E-state index contributed by atoms with van der Waals surface area (Å²) >= 11 is 0. The van der Waals surface area contributed by atoms with Crippen LogP contribution >= 0.6 is 0 Å². The maximum Gasteiger partial charge on any atom is 0.231 e. The first-order valence-corrected chi connectivity index (χ1v) is 6.40. The summed E-state index contributed by atoms with van der Waals surface area (Å²) < 4.78 is 16.3. The molecule has 0 radical (unpaired) electrons. The Kier molecular flexibility index (Phi) is 4.53. The number of ether oxygens (including phenoxy) is 3. The SMILES string of the molecule is C#CCOc1cc2c(cc1CNCC(C)C)OCO2. The van der Waals surface area contributed by atoms with Gasteiger partial charge in [-0.3, -0.25) is 0 Å². The van der Waals surface area contributed by atoms with Gasteiger partial charge < -0.3 is 19.5 Å². The van der Waals surface area contributed by atoms with E-state index in [1.165, 1.54) is 0 Å². The zero-order valence-electron chi connectivity index (χ0n) is 11.4. The monoisotopic (exact) mass is 261 g/mol. The molecule has 0 aliphatic carbocycles. The lowest BCUT2D eigenvalue weighted by Crippen LogP contribution is -2.19. The second-order valence-corrected chi connectivity index (χ2v) is 4.83. The van der Waals surface area contributed by atoms with E-state index in [4.69, 9.17) is 20.6 Å². The van der Waals surface area contributed by atoms with Gasteiger partial charge in [-0.05, 0) is 18.5 Å². The van der Waals surface area contributed by atoms with Crippen LogP contribution in [-0.2, 0) is 6.54 Å². The molecule has 1 aromatic carbocycles. The minimum absolute atomic E-state index is 0.247. The van der Waals surface area contributed by atoms with Crippen LogP contribution in [0.2, 0.25) is 0 Å². The summed E-state index contributed by atoms with van der Waals surface area (Å²) in [6.45, 7) is 6.51. The van der Waals surface area contributed by atoms with Crippen molar-refractivity contribution in [3.05, 3.63) is 17.7 Å². The van der Waals surface area contributed by atoms with E-state index in [0.717, 1.165) is 23.6 Å². The average molecular weight is 261 g/mol. The third-order valence-corrected chi connectivity index (χ3v) is 2.73. The highest BCUT2D eigenvalue weighted by Gasteiger charge is 2.17. The van der Waals surface area contributed by atoms with Crippen LogP contribution in [0.4, 0.5) is 0 Å². The van der Waals surface area contributed by atoms with E-state index in [2.05, 4.69) is 25.1 Å². The van der Waals surface area contributed by atoms with Crippen molar-refractivity contribution < 1.29 is 14.2 Å². The Morgan fingerprint density at radius 2 is 2.11 bits per heavy atom. The summed E-state index contributed by atoms with van der Waals surface area (Å²) in [5, 5.41) is 3.38. The van der Waals surface area contributed by atoms with E-state index in [1.54, 1.807) is 0 Å². The minimum Gasteiger partial charge on any atom is -0.480 e. The first-order chi connectivity index (χ1) is 9.20. The molecule has 1 aliphatic rings. The van der Waals surface area contributed by atoms with Crippen LogP contribution in [0.25, 0.3) is 0 Å². The van der Waals surface area contributed by atoms with Crippen molar-refractivity contribution in [3.8, 4) is 29.6 Å². The molecule has 0 aromatic heterocycles. The van der Waals surface area contributed by atoms with Crippen molar-refractivity contribution in [3.63, 3.8) is 0 Å². The topological polar surface area (TPSA) is 39.7 Å². The number of hydrogen-bond acceptors (Lipinski definition) is 4. The van der Waals surface area contributed by atoms with Crippen molar-refractivity contribution >= 4 is 0 Å². The molecule has 0 amide bonds. The van der Waals surface area contributed by atoms with Crippen molar-refractivity contribution in [2.24, 2.45) is 5.92 Å². The lowest BCUT2D eigenvalue weighted by molar-refractivity contribution is 0.174. The Morgan fingerprint density at radius 3 is 2.79 bits per heavy atom. The molecule has 0 atom stereocenters. The molecule has 102 valence electrons. The van der Waals surface area contributed by atoms with Gasteiger partial charge in [-0.1, -0.05) is 19.8 Å². The predicted octanol–water partition coefficient (Wildman–Crippen LogP) is 2.17. The highest BCUT2D eigenvalue weighted by molar-refractivity contribution is 5.51. The molecule has 19 heavy (non-hydrogen) atoms. The number of rotatable bonds is 6. The molecule has 0 saturated heterocycles. The number of terminal acetylenes is 1. The summed E-state index contributed by atoms with van der Waals surface area (Å²) in [6, 6.07) is 3.79. The van der Waals surface area contributed by atoms with E-state index in [-0.39, 0.29) is 13.4 Å². The second kappa shape index (κ2) is 6.35. The van der Waals surface area contributed by atoms with Gasteiger partial charge in [0.2, 0.25) is 6.79 Å². The summed E-state index contributed by atoms with van der Waals surface area (Å²) in [5.41, 5.74) is 1.03. The lowest BCUT2D eigenvalue weighted by Gasteiger charge is -2.13. The number of hydrogen-bond donors (Lipinski definition) is 1. The van der Waals surface area contributed by atoms with Crippen LogP contribution in [0.15, 0.2) is 12.1 Å². The molecule has 1 aromatic rings. The molecule has 1 aliphatic heterocycles. The van der Waals surface area contributed by atoms with Gasteiger partial charge in [-0.2, -0.15) is 0 Å². The molecule has 1 N–H and O–H groups in total. The van der Waals surface area contributed by atoms with E-state index in [0.29, 0.717) is 18.2 Å². The van der Waals surface area contributed by atoms with E-state index in [9.17, 15) is 0 Å². The first kappa shape index (κ1) is 13.6. The van der Waals surface area contributed by atoms with Crippen molar-refractivity contribution in [2.45, 2.75) is 20.4 Å². The van der Waals surface area contributed by atoms with Crippen LogP contribution in [0.5, 0.6) is 17.2 Å². The Morgan fingerprint density at radius 1 is 1.37 bits per heavy atom. The fourth-order valence-electron chi connectivity index (χ4n) is 1.85. The molecule has 0 saturated carbocycles. The molecule has 0 fully saturated rings. The third-order valence-electron chi connectivity index (χ3n) is 2.73. The highest BCUT2D eigenvalue weighted by atomic mass is 16.7. The Hall–Kier alpha value is -1.86. The van der Waals surface area contributed by atoms with Gasteiger partial charge in [-0.15, -0.1) is 6.42 Å². The Bertz CT molecular complexity index is 477. The number of nitrogens with one attached hydrogen (secondary N) is 1. The quantitative estimate of drug-likeness (QED) is 0.797. The summed E-state index contributed by atoms with van der Waals surface area (Å²) in [4.78, 5) is 0. The van der Waals surface area contributed by atoms with E-state index in [1.807, 2.05) is 12.1 Å². The van der Waals surface area contributed by atoms with Gasteiger partial charge in [0.05, 0.1) is 0 Å². The van der Waals surface area contributed by atoms with Crippen LogP contribution in [-0.4, -0.2) is 19.9 Å². The summed E-state index contributed by atoms with van der Waals surface area (Å²) in [7, 11) is 0. The van der Waals surface area contributed by atoms with E-state index >= 15 is 0 Å². The van der Waals surface area contributed by atoms with Crippen LogP contribution in [0.1, 0.15) is 19.4 Å². The van der Waals surface area contributed by atoms with Gasteiger partial charge in [0.1, 0.15) is 12.4 Å². The molecule has 0 unspecified atom stereocenters. The number of fused-ring (bicyclic) bond motifs is 1. The summed E-state index contributed by atoms with van der Waals surface area (Å²) in [6.07, 6.45) is 5.23. The maximum absolute atomic E-state index is 5.56. The maximum atomic E-state index is 5.56. The minimum atomic E-state index is 0.247. The molecule has 0 spiro atoms. The molecule has 1 heterocycles. The van der Waals surface area contributed by atoms with Gasteiger partial charge in [-0.25, -0.2) is 0 Å². The van der Waals surface area contributed by atoms with Gasteiger partial charge in [0.15, 0.2) is 11.5 Å². The molecule has 4 nitrogen and oxygen atoms in total. The fourth-order valence-corrected chi connectivity index (χ4v) is 1.85. The normalized spacial score (nSPS) is 12.5. The van der Waals surface area contributed by atoms with Crippen molar-refractivity contribution in [1.82, 2.24) is 5.32 Å². The summed E-state index contributed by atoms with van der Waals surface area (Å²) in [5.74, 6) is 5.29. The highest BCUT2D eigenvalue weighted by Crippen LogP contribution is 2.38. The Balaban J connectivity index is 2.12. The van der Waals surface area contributed by atoms with Crippen molar-refractivity contribution in [1.29, 1.82) is 0 Å². The zero-order chi connectivity index (χ0) is 13.7.